The third-order valence-electron chi connectivity index (χ3n) is 6.31. The number of piperidine rings is 1. The second-order valence-corrected chi connectivity index (χ2v) is 8.80. The first kappa shape index (κ1) is 20.7. The maximum Gasteiger partial charge on any atom is 0.218 e. The van der Waals surface area contributed by atoms with E-state index in [2.05, 4.69) is 42.9 Å². The number of methoxy groups -OCH3 is 1. The maximum atomic E-state index is 5.69. The highest BCUT2D eigenvalue weighted by atomic mass is 16.5. The van der Waals surface area contributed by atoms with Crippen molar-refractivity contribution in [2.24, 2.45) is 7.05 Å². The van der Waals surface area contributed by atoms with E-state index in [1.165, 1.54) is 0 Å². The lowest BCUT2D eigenvalue weighted by atomic mass is 10.1. The molecule has 5 rings (SSSR count). The molecule has 0 radical (unpaired) electrons. The van der Waals surface area contributed by atoms with E-state index in [1.807, 2.05) is 33.2 Å². The van der Waals surface area contributed by atoms with Crippen LogP contribution in [-0.2, 0) is 11.8 Å². The molecule has 0 N–H and O–H groups in total. The molecule has 1 aliphatic heterocycles. The summed E-state index contributed by atoms with van der Waals surface area (Å²) in [6, 6.07) is 2.38. The van der Waals surface area contributed by atoms with E-state index in [0.717, 1.165) is 59.9 Å². The fraction of sp³-hybridized carbons (Fsp3) is 0.478. The monoisotopic (exact) mass is 434 g/mol. The molecule has 5 heterocycles. The van der Waals surface area contributed by atoms with Gasteiger partial charge in [0.05, 0.1) is 11.8 Å². The molecule has 0 spiro atoms. The first-order chi connectivity index (χ1) is 15.5. The van der Waals surface area contributed by atoms with E-state index < -0.39 is 0 Å². The summed E-state index contributed by atoms with van der Waals surface area (Å²) in [5.41, 5.74) is 4.14. The highest BCUT2D eigenvalue weighted by molar-refractivity contribution is 5.83. The summed E-state index contributed by atoms with van der Waals surface area (Å²) in [5.74, 6) is 2.27. The van der Waals surface area contributed by atoms with E-state index in [0.29, 0.717) is 11.9 Å². The summed E-state index contributed by atoms with van der Waals surface area (Å²) < 4.78 is 11.6. The van der Waals surface area contributed by atoms with Crippen molar-refractivity contribution in [2.45, 2.75) is 45.8 Å². The molecular weight excluding hydrogens is 404 g/mol. The van der Waals surface area contributed by atoms with Gasteiger partial charge >= 0.3 is 0 Å². The molecule has 1 saturated heterocycles. The first-order valence-electron chi connectivity index (χ1n) is 11.2. The summed E-state index contributed by atoms with van der Waals surface area (Å²) in [7, 11) is 3.75. The van der Waals surface area contributed by atoms with Gasteiger partial charge in [-0.2, -0.15) is 5.10 Å². The number of aromatic nitrogens is 7. The molecule has 0 bridgehead atoms. The summed E-state index contributed by atoms with van der Waals surface area (Å²) in [6.07, 6.45) is 10.1. The van der Waals surface area contributed by atoms with Crippen molar-refractivity contribution < 1.29 is 4.74 Å². The van der Waals surface area contributed by atoms with Crippen molar-refractivity contribution in [1.82, 2.24) is 33.9 Å². The minimum atomic E-state index is 0.201. The van der Waals surface area contributed by atoms with Gasteiger partial charge in [-0.25, -0.2) is 14.5 Å². The van der Waals surface area contributed by atoms with Crippen molar-refractivity contribution in [3.05, 3.63) is 36.4 Å². The molecule has 1 atom stereocenters. The second-order valence-electron chi connectivity index (χ2n) is 8.80. The Kier molecular flexibility index (Phi) is 5.21. The number of anilines is 1. The molecule has 168 valence electrons. The quantitative estimate of drug-likeness (QED) is 0.478. The Bertz CT molecular complexity index is 1250. The van der Waals surface area contributed by atoms with Crippen LogP contribution in [0.5, 0.6) is 0 Å². The molecule has 0 aliphatic carbocycles. The Hall–Kier alpha value is -3.20. The number of aryl methyl sites for hydroxylation is 2. The zero-order chi connectivity index (χ0) is 22.4. The van der Waals surface area contributed by atoms with Crippen LogP contribution in [0.2, 0.25) is 0 Å². The van der Waals surface area contributed by atoms with E-state index >= 15 is 0 Å². The van der Waals surface area contributed by atoms with Crippen LogP contribution in [0, 0.1) is 6.92 Å². The lowest BCUT2D eigenvalue weighted by Crippen LogP contribution is -2.40. The zero-order valence-electron chi connectivity index (χ0n) is 19.4. The Labute approximate surface area is 187 Å². The SMILES string of the molecule is COC1CCCN(c2nc(-c3nccn3C)nn3cc(-c4ccn(C(C)C)n4)c(C)c23)C1. The molecule has 0 saturated carbocycles. The van der Waals surface area contributed by atoms with Crippen molar-refractivity contribution in [1.29, 1.82) is 0 Å². The average molecular weight is 435 g/mol. The van der Waals surface area contributed by atoms with E-state index in [1.54, 1.807) is 13.3 Å². The lowest BCUT2D eigenvalue weighted by molar-refractivity contribution is 0.0892. The number of rotatable bonds is 5. The maximum absolute atomic E-state index is 5.69. The van der Waals surface area contributed by atoms with Gasteiger partial charge in [0.2, 0.25) is 5.82 Å². The molecule has 0 amide bonds. The van der Waals surface area contributed by atoms with Gasteiger partial charge in [-0.3, -0.25) is 4.68 Å². The first-order valence-corrected chi connectivity index (χ1v) is 11.2. The van der Waals surface area contributed by atoms with Gasteiger partial charge in [-0.15, -0.1) is 5.10 Å². The normalized spacial score (nSPS) is 17.1. The van der Waals surface area contributed by atoms with Crippen molar-refractivity contribution >= 4 is 11.3 Å². The minimum Gasteiger partial charge on any atom is -0.380 e. The Morgan fingerprint density at radius 1 is 1.19 bits per heavy atom. The number of imidazole rings is 1. The number of hydrogen-bond donors (Lipinski definition) is 0. The van der Waals surface area contributed by atoms with E-state index in [-0.39, 0.29) is 6.10 Å². The highest BCUT2D eigenvalue weighted by Gasteiger charge is 2.26. The van der Waals surface area contributed by atoms with Crippen molar-refractivity contribution in [2.75, 3.05) is 25.1 Å². The third-order valence-corrected chi connectivity index (χ3v) is 6.31. The largest absolute Gasteiger partial charge is 0.380 e. The van der Waals surface area contributed by atoms with Gasteiger partial charge in [0.1, 0.15) is 5.52 Å². The molecule has 9 nitrogen and oxygen atoms in total. The Morgan fingerprint density at radius 2 is 2.03 bits per heavy atom. The van der Waals surface area contributed by atoms with Gasteiger partial charge in [-0.05, 0) is 45.2 Å². The molecule has 32 heavy (non-hydrogen) atoms. The molecule has 0 aromatic carbocycles. The lowest BCUT2D eigenvalue weighted by Gasteiger charge is -2.33. The molecule has 4 aromatic rings. The van der Waals surface area contributed by atoms with Crippen LogP contribution in [0.4, 0.5) is 5.82 Å². The standard InChI is InChI=1S/C23H30N8O/c1-15(2)30-11-8-19(26-30)18-14-31-20(16(18)3)22(29-10-6-7-17(13-29)32-5)25-21(27-31)23-24-9-12-28(23)4/h8-9,11-12,14-15,17H,6-7,10,13H2,1-5H3. The van der Waals surface area contributed by atoms with Gasteiger partial charge in [0, 0.05) is 63.6 Å². The van der Waals surface area contributed by atoms with Crippen LogP contribution in [-0.4, -0.2) is 60.2 Å². The second kappa shape index (κ2) is 8.05. The topological polar surface area (TPSA) is 78.3 Å². The summed E-state index contributed by atoms with van der Waals surface area (Å²) in [5, 5.41) is 9.65. The molecular formula is C23H30N8O. The van der Waals surface area contributed by atoms with Gasteiger partial charge in [-0.1, -0.05) is 0 Å². The van der Waals surface area contributed by atoms with Crippen LogP contribution in [0.25, 0.3) is 28.4 Å². The number of ether oxygens (including phenoxy) is 1. The average Bonchev–Trinajstić information content (AvgIpc) is 3.52. The molecule has 9 heteroatoms. The van der Waals surface area contributed by atoms with Crippen LogP contribution in [0.15, 0.2) is 30.9 Å². The molecule has 4 aromatic heterocycles. The summed E-state index contributed by atoms with van der Waals surface area (Å²) in [4.78, 5) is 11.8. The fourth-order valence-electron chi connectivity index (χ4n) is 4.46. The van der Waals surface area contributed by atoms with Crippen LogP contribution in [0.3, 0.4) is 0 Å². The van der Waals surface area contributed by atoms with Gasteiger partial charge < -0.3 is 14.2 Å². The van der Waals surface area contributed by atoms with Gasteiger partial charge in [0.15, 0.2) is 11.6 Å². The zero-order valence-corrected chi connectivity index (χ0v) is 19.4. The molecule has 1 unspecified atom stereocenters. The fourth-order valence-corrected chi connectivity index (χ4v) is 4.46. The van der Waals surface area contributed by atoms with Crippen molar-refractivity contribution in [3.63, 3.8) is 0 Å². The predicted octanol–water partition coefficient (Wildman–Crippen LogP) is 3.50. The van der Waals surface area contributed by atoms with E-state index in [4.69, 9.17) is 19.9 Å². The molecule has 1 fully saturated rings. The van der Waals surface area contributed by atoms with Crippen LogP contribution >= 0.6 is 0 Å². The van der Waals surface area contributed by atoms with Crippen LogP contribution < -0.4 is 4.90 Å². The Balaban J connectivity index is 1.70. The number of fused-ring (bicyclic) bond motifs is 1. The smallest absolute Gasteiger partial charge is 0.218 e. The Morgan fingerprint density at radius 3 is 2.72 bits per heavy atom. The minimum absolute atomic E-state index is 0.201. The highest BCUT2D eigenvalue weighted by Crippen LogP contribution is 2.34. The molecule has 1 aliphatic rings. The summed E-state index contributed by atoms with van der Waals surface area (Å²) in [6.45, 7) is 8.14. The van der Waals surface area contributed by atoms with Crippen LogP contribution in [0.1, 0.15) is 38.3 Å². The van der Waals surface area contributed by atoms with Crippen molar-refractivity contribution in [3.8, 4) is 22.9 Å². The third kappa shape index (κ3) is 3.46. The van der Waals surface area contributed by atoms with E-state index in [9.17, 15) is 0 Å². The van der Waals surface area contributed by atoms with Gasteiger partial charge in [0.25, 0.3) is 0 Å². The predicted molar refractivity (Wildman–Crippen MR) is 124 cm³/mol. The number of hydrogen-bond acceptors (Lipinski definition) is 6. The number of nitrogens with zero attached hydrogens (tertiary/aromatic N) is 8. The summed E-state index contributed by atoms with van der Waals surface area (Å²) >= 11 is 0.